The van der Waals surface area contributed by atoms with Gasteiger partial charge in [-0.15, -0.1) is 0 Å². The molecule has 0 aliphatic carbocycles. The Balaban J connectivity index is 1.72. The summed E-state index contributed by atoms with van der Waals surface area (Å²) >= 11 is 5.94. The van der Waals surface area contributed by atoms with E-state index in [4.69, 9.17) is 21.1 Å². The number of benzene rings is 3. The van der Waals surface area contributed by atoms with E-state index >= 15 is 0 Å². The molecule has 0 aromatic heterocycles. The molecule has 1 N–H and O–H groups in total. The number of ether oxygens (including phenoxy) is 2. The molecule has 0 bridgehead atoms. The van der Waals surface area contributed by atoms with Gasteiger partial charge < -0.3 is 9.47 Å². The number of nitrogens with zero attached hydrogens (tertiary/aromatic N) is 1. The van der Waals surface area contributed by atoms with Gasteiger partial charge in [-0.3, -0.25) is 4.79 Å². The van der Waals surface area contributed by atoms with Crippen molar-refractivity contribution in [3.8, 4) is 11.5 Å². The van der Waals surface area contributed by atoms with Crippen LogP contribution in [-0.2, 0) is 4.79 Å². The standard InChI is InChI=1S/C22H21ClN2O3/c1-14-12-17(23)9-11-20(14)28-15(2)22(26)25-24-13-19-18-7-5-4-6-16(18)8-10-21(19)27-3/h4-13,15H,1-3H3,(H,25,26)/b24-13+. The SMILES string of the molecule is COc1ccc2ccccc2c1/C=N/NC(=O)C(C)Oc1ccc(Cl)cc1C. The van der Waals surface area contributed by atoms with Crippen molar-refractivity contribution in [2.24, 2.45) is 5.10 Å². The Morgan fingerprint density at radius 1 is 1.14 bits per heavy atom. The van der Waals surface area contributed by atoms with Gasteiger partial charge in [-0.05, 0) is 54.4 Å². The minimum Gasteiger partial charge on any atom is -0.496 e. The van der Waals surface area contributed by atoms with Crippen molar-refractivity contribution in [1.29, 1.82) is 0 Å². The number of fused-ring (bicyclic) bond motifs is 1. The van der Waals surface area contributed by atoms with Gasteiger partial charge in [0.25, 0.3) is 5.91 Å². The first-order valence-corrected chi connectivity index (χ1v) is 9.19. The summed E-state index contributed by atoms with van der Waals surface area (Å²) in [6.45, 7) is 3.54. The number of rotatable bonds is 6. The Bertz CT molecular complexity index is 1030. The molecule has 1 unspecified atom stereocenters. The highest BCUT2D eigenvalue weighted by molar-refractivity contribution is 6.30. The van der Waals surface area contributed by atoms with Crippen molar-refractivity contribution in [1.82, 2.24) is 5.43 Å². The first-order chi connectivity index (χ1) is 13.5. The van der Waals surface area contributed by atoms with Gasteiger partial charge in [0.1, 0.15) is 11.5 Å². The van der Waals surface area contributed by atoms with Gasteiger partial charge in [0, 0.05) is 10.6 Å². The van der Waals surface area contributed by atoms with Gasteiger partial charge in [-0.2, -0.15) is 5.10 Å². The van der Waals surface area contributed by atoms with E-state index in [9.17, 15) is 4.79 Å². The number of hydrogen-bond acceptors (Lipinski definition) is 4. The van der Waals surface area contributed by atoms with Gasteiger partial charge in [-0.25, -0.2) is 5.43 Å². The van der Waals surface area contributed by atoms with Crippen LogP contribution >= 0.6 is 11.6 Å². The summed E-state index contributed by atoms with van der Waals surface area (Å²) in [5.74, 6) is 0.925. The maximum Gasteiger partial charge on any atom is 0.280 e. The van der Waals surface area contributed by atoms with E-state index in [1.807, 2.05) is 43.3 Å². The van der Waals surface area contributed by atoms with Crippen molar-refractivity contribution < 1.29 is 14.3 Å². The second kappa shape index (κ2) is 8.76. The summed E-state index contributed by atoms with van der Waals surface area (Å²) in [5, 5.41) is 6.76. The molecule has 0 fully saturated rings. The van der Waals surface area contributed by atoms with Crippen LogP contribution in [0.2, 0.25) is 5.02 Å². The Kier molecular flexibility index (Phi) is 6.16. The van der Waals surface area contributed by atoms with E-state index in [0.29, 0.717) is 16.5 Å². The maximum atomic E-state index is 12.3. The van der Waals surface area contributed by atoms with Gasteiger partial charge >= 0.3 is 0 Å². The Morgan fingerprint density at radius 3 is 2.64 bits per heavy atom. The minimum absolute atomic E-state index is 0.357. The first-order valence-electron chi connectivity index (χ1n) is 8.81. The fourth-order valence-electron chi connectivity index (χ4n) is 2.83. The molecule has 1 atom stereocenters. The molecule has 0 saturated heterocycles. The van der Waals surface area contributed by atoms with E-state index in [1.54, 1.807) is 38.4 Å². The average molecular weight is 397 g/mol. The van der Waals surface area contributed by atoms with E-state index in [2.05, 4.69) is 10.5 Å². The number of hydrazone groups is 1. The lowest BCUT2D eigenvalue weighted by molar-refractivity contribution is -0.127. The number of halogens is 1. The van der Waals surface area contributed by atoms with Crippen LogP contribution in [0, 0.1) is 6.92 Å². The Labute approximate surface area is 168 Å². The van der Waals surface area contributed by atoms with Crippen LogP contribution in [0.25, 0.3) is 10.8 Å². The van der Waals surface area contributed by atoms with Crippen LogP contribution in [0.5, 0.6) is 11.5 Å². The smallest absolute Gasteiger partial charge is 0.280 e. The molecule has 0 aliphatic rings. The summed E-state index contributed by atoms with van der Waals surface area (Å²) in [6, 6.07) is 17.0. The molecular weight excluding hydrogens is 376 g/mol. The zero-order valence-corrected chi connectivity index (χ0v) is 16.7. The Hall–Kier alpha value is -3.05. The van der Waals surface area contributed by atoms with Gasteiger partial charge in [0.05, 0.1) is 13.3 Å². The molecule has 3 aromatic carbocycles. The highest BCUT2D eigenvalue weighted by Gasteiger charge is 2.15. The van der Waals surface area contributed by atoms with Crippen molar-refractivity contribution >= 4 is 34.5 Å². The second-order valence-corrected chi connectivity index (χ2v) is 6.74. The topological polar surface area (TPSA) is 59.9 Å². The average Bonchev–Trinajstić information content (AvgIpc) is 2.69. The summed E-state index contributed by atoms with van der Waals surface area (Å²) in [7, 11) is 1.60. The van der Waals surface area contributed by atoms with Crippen LogP contribution in [0.3, 0.4) is 0 Å². The van der Waals surface area contributed by atoms with E-state index in [0.717, 1.165) is 21.9 Å². The lowest BCUT2D eigenvalue weighted by atomic mass is 10.0. The molecule has 6 heteroatoms. The van der Waals surface area contributed by atoms with Crippen molar-refractivity contribution in [2.75, 3.05) is 7.11 Å². The lowest BCUT2D eigenvalue weighted by Crippen LogP contribution is -2.33. The molecular formula is C22H21ClN2O3. The van der Waals surface area contributed by atoms with Crippen molar-refractivity contribution in [3.63, 3.8) is 0 Å². The Morgan fingerprint density at radius 2 is 1.89 bits per heavy atom. The summed E-state index contributed by atoms with van der Waals surface area (Å²) < 4.78 is 11.1. The minimum atomic E-state index is -0.716. The molecule has 0 radical (unpaired) electrons. The number of carbonyl (C=O) groups excluding carboxylic acids is 1. The number of amides is 1. The largest absolute Gasteiger partial charge is 0.496 e. The summed E-state index contributed by atoms with van der Waals surface area (Å²) in [6.07, 6.45) is 0.866. The predicted molar refractivity (Wildman–Crippen MR) is 113 cm³/mol. The third kappa shape index (κ3) is 4.43. The number of hydrogen-bond donors (Lipinski definition) is 1. The van der Waals surface area contributed by atoms with Crippen molar-refractivity contribution in [3.05, 3.63) is 70.7 Å². The van der Waals surface area contributed by atoms with Crippen LogP contribution in [-0.4, -0.2) is 25.3 Å². The molecule has 0 saturated carbocycles. The number of methoxy groups -OCH3 is 1. The fraction of sp³-hybridized carbons (Fsp3) is 0.182. The highest BCUT2D eigenvalue weighted by atomic mass is 35.5. The number of nitrogens with one attached hydrogen (secondary N) is 1. The normalized spacial score (nSPS) is 12.1. The fourth-order valence-corrected chi connectivity index (χ4v) is 3.05. The van der Waals surface area contributed by atoms with Crippen LogP contribution in [0.1, 0.15) is 18.1 Å². The van der Waals surface area contributed by atoms with Crippen molar-refractivity contribution in [2.45, 2.75) is 20.0 Å². The first kappa shape index (κ1) is 19.7. The van der Waals surface area contributed by atoms with Crippen LogP contribution in [0.4, 0.5) is 0 Å². The molecule has 3 aromatic rings. The molecule has 0 spiro atoms. The maximum absolute atomic E-state index is 12.3. The van der Waals surface area contributed by atoms with Gasteiger partial charge in [0.15, 0.2) is 6.10 Å². The van der Waals surface area contributed by atoms with E-state index in [-0.39, 0.29) is 5.91 Å². The molecule has 1 amide bonds. The van der Waals surface area contributed by atoms with E-state index < -0.39 is 6.10 Å². The lowest BCUT2D eigenvalue weighted by Gasteiger charge is -2.15. The third-order valence-electron chi connectivity index (χ3n) is 4.33. The monoisotopic (exact) mass is 396 g/mol. The molecule has 3 rings (SSSR count). The molecule has 28 heavy (non-hydrogen) atoms. The molecule has 0 heterocycles. The summed E-state index contributed by atoms with van der Waals surface area (Å²) in [4.78, 5) is 12.3. The third-order valence-corrected chi connectivity index (χ3v) is 4.56. The number of aryl methyl sites for hydroxylation is 1. The molecule has 0 aliphatic heterocycles. The summed E-state index contributed by atoms with van der Waals surface area (Å²) in [5.41, 5.74) is 4.17. The van der Waals surface area contributed by atoms with Gasteiger partial charge in [0.2, 0.25) is 0 Å². The number of carbonyl (C=O) groups is 1. The second-order valence-electron chi connectivity index (χ2n) is 6.31. The zero-order valence-electron chi connectivity index (χ0n) is 15.9. The van der Waals surface area contributed by atoms with Crippen LogP contribution in [0.15, 0.2) is 59.7 Å². The quantitative estimate of drug-likeness (QED) is 0.484. The zero-order chi connectivity index (χ0) is 20.1. The molecule has 144 valence electrons. The van der Waals surface area contributed by atoms with Crippen LogP contribution < -0.4 is 14.9 Å². The van der Waals surface area contributed by atoms with Gasteiger partial charge in [-0.1, -0.05) is 41.9 Å². The predicted octanol–water partition coefficient (Wildman–Crippen LogP) is 4.73. The van der Waals surface area contributed by atoms with E-state index in [1.165, 1.54) is 0 Å². The highest BCUT2D eigenvalue weighted by Crippen LogP contribution is 2.26. The molecule has 5 nitrogen and oxygen atoms in total.